The van der Waals surface area contributed by atoms with Gasteiger partial charge in [-0.2, -0.15) is 0 Å². The van der Waals surface area contributed by atoms with E-state index >= 15 is 0 Å². The summed E-state index contributed by atoms with van der Waals surface area (Å²) in [7, 11) is 0. The molecule has 0 spiro atoms. The topological polar surface area (TPSA) is 40.5 Å². The number of hydrogen-bond acceptors (Lipinski definition) is 2. The fraction of sp³-hybridized carbons (Fsp3) is 0.929. The fourth-order valence-electron chi connectivity index (χ4n) is 2.59. The first-order chi connectivity index (χ1) is 8.09. The van der Waals surface area contributed by atoms with Crippen LogP contribution in [0.5, 0.6) is 0 Å². The predicted octanol–water partition coefficient (Wildman–Crippen LogP) is 3.14. The van der Waals surface area contributed by atoms with Crippen LogP contribution in [-0.4, -0.2) is 35.1 Å². The van der Waals surface area contributed by atoms with E-state index in [4.69, 9.17) is 5.11 Å². The average Bonchev–Trinajstić information content (AvgIpc) is 2.29. The van der Waals surface area contributed by atoms with E-state index in [1.807, 2.05) is 0 Å². The van der Waals surface area contributed by atoms with Gasteiger partial charge in [0.25, 0.3) is 0 Å². The SMILES string of the molecule is CC(C)CCN(CCC(=O)O)C1CCCCC1. The third-order valence-electron chi connectivity index (χ3n) is 3.70. The zero-order chi connectivity index (χ0) is 12.7. The number of carbonyl (C=O) groups is 1. The number of rotatable bonds is 7. The molecule has 0 aliphatic heterocycles. The summed E-state index contributed by atoms with van der Waals surface area (Å²) in [6, 6.07) is 0.641. The number of hydrogen-bond donors (Lipinski definition) is 1. The molecule has 1 saturated carbocycles. The molecule has 0 radical (unpaired) electrons. The average molecular weight is 241 g/mol. The highest BCUT2D eigenvalue weighted by molar-refractivity contribution is 5.66. The molecule has 1 aliphatic carbocycles. The zero-order valence-corrected chi connectivity index (χ0v) is 11.3. The van der Waals surface area contributed by atoms with Crippen molar-refractivity contribution in [2.45, 2.75) is 64.8 Å². The fourth-order valence-corrected chi connectivity index (χ4v) is 2.59. The van der Waals surface area contributed by atoms with Crippen LogP contribution in [0.1, 0.15) is 58.8 Å². The quantitative estimate of drug-likeness (QED) is 0.744. The van der Waals surface area contributed by atoms with E-state index in [2.05, 4.69) is 18.7 Å². The van der Waals surface area contributed by atoms with Gasteiger partial charge in [0.2, 0.25) is 0 Å². The van der Waals surface area contributed by atoms with E-state index in [1.165, 1.54) is 38.5 Å². The van der Waals surface area contributed by atoms with Crippen LogP contribution in [0, 0.1) is 5.92 Å². The van der Waals surface area contributed by atoms with Gasteiger partial charge in [-0.3, -0.25) is 9.69 Å². The Hall–Kier alpha value is -0.570. The van der Waals surface area contributed by atoms with Gasteiger partial charge < -0.3 is 5.11 Å². The highest BCUT2D eigenvalue weighted by Crippen LogP contribution is 2.23. The molecule has 0 atom stereocenters. The second kappa shape index (κ2) is 7.70. The molecule has 1 N–H and O–H groups in total. The zero-order valence-electron chi connectivity index (χ0n) is 11.3. The largest absolute Gasteiger partial charge is 0.481 e. The first-order valence-electron chi connectivity index (χ1n) is 7.05. The normalized spacial score (nSPS) is 17.9. The van der Waals surface area contributed by atoms with Crippen molar-refractivity contribution in [2.24, 2.45) is 5.92 Å². The van der Waals surface area contributed by atoms with E-state index < -0.39 is 5.97 Å². The maximum atomic E-state index is 10.7. The monoisotopic (exact) mass is 241 g/mol. The lowest BCUT2D eigenvalue weighted by atomic mass is 9.93. The van der Waals surface area contributed by atoms with Crippen LogP contribution in [0.25, 0.3) is 0 Å². The number of aliphatic carboxylic acids is 1. The highest BCUT2D eigenvalue weighted by Gasteiger charge is 2.21. The van der Waals surface area contributed by atoms with Crippen LogP contribution < -0.4 is 0 Å². The molecule has 3 heteroatoms. The molecular formula is C14H27NO2. The van der Waals surface area contributed by atoms with Gasteiger partial charge in [0.05, 0.1) is 6.42 Å². The van der Waals surface area contributed by atoms with Crippen LogP contribution in [0.3, 0.4) is 0 Å². The molecule has 0 amide bonds. The summed E-state index contributed by atoms with van der Waals surface area (Å²) >= 11 is 0. The lowest BCUT2D eigenvalue weighted by molar-refractivity contribution is -0.137. The van der Waals surface area contributed by atoms with E-state index in [-0.39, 0.29) is 6.42 Å². The van der Waals surface area contributed by atoms with Crippen molar-refractivity contribution in [3.8, 4) is 0 Å². The smallest absolute Gasteiger partial charge is 0.304 e. The van der Waals surface area contributed by atoms with Gasteiger partial charge in [-0.1, -0.05) is 33.1 Å². The summed E-state index contributed by atoms with van der Waals surface area (Å²) in [6.45, 7) is 6.26. The van der Waals surface area contributed by atoms with Gasteiger partial charge in [0, 0.05) is 12.6 Å². The molecule has 1 fully saturated rings. The molecule has 0 saturated heterocycles. The third-order valence-corrected chi connectivity index (χ3v) is 3.70. The minimum atomic E-state index is -0.671. The molecule has 1 rings (SSSR count). The Morgan fingerprint density at radius 2 is 1.88 bits per heavy atom. The Labute approximate surface area is 105 Å². The van der Waals surface area contributed by atoms with Crippen LogP contribution >= 0.6 is 0 Å². The van der Waals surface area contributed by atoms with Crippen molar-refractivity contribution in [1.29, 1.82) is 0 Å². The van der Waals surface area contributed by atoms with Crippen LogP contribution in [0.2, 0.25) is 0 Å². The van der Waals surface area contributed by atoms with Crippen molar-refractivity contribution in [2.75, 3.05) is 13.1 Å². The minimum absolute atomic E-state index is 0.286. The van der Waals surface area contributed by atoms with Crippen molar-refractivity contribution in [3.05, 3.63) is 0 Å². The second-order valence-electron chi connectivity index (χ2n) is 5.65. The van der Waals surface area contributed by atoms with Crippen LogP contribution in [-0.2, 0) is 4.79 Å². The Morgan fingerprint density at radius 3 is 2.41 bits per heavy atom. The van der Waals surface area contributed by atoms with E-state index in [1.54, 1.807) is 0 Å². The first kappa shape index (κ1) is 14.5. The number of carboxylic acids is 1. The number of nitrogens with zero attached hydrogens (tertiary/aromatic N) is 1. The molecule has 0 unspecified atom stereocenters. The van der Waals surface area contributed by atoms with E-state index in [0.717, 1.165) is 13.1 Å². The Balaban J connectivity index is 2.41. The van der Waals surface area contributed by atoms with Crippen molar-refractivity contribution in [3.63, 3.8) is 0 Å². The van der Waals surface area contributed by atoms with Crippen molar-refractivity contribution in [1.82, 2.24) is 4.90 Å². The summed E-state index contributed by atoms with van der Waals surface area (Å²) in [5, 5.41) is 8.81. The molecule has 0 aromatic carbocycles. The predicted molar refractivity (Wildman–Crippen MR) is 70.2 cm³/mol. The summed E-state index contributed by atoms with van der Waals surface area (Å²) in [6.07, 6.45) is 7.97. The summed E-state index contributed by atoms with van der Waals surface area (Å²) in [5.41, 5.74) is 0. The van der Waals surface area contributed by atoms with Crippen LogP contribution in [0.4, 0.5) is 0 Å². The Kier molecular flexibility index (Phi) is 6.56. The summed E-state index contributed by atoms with van der Waals surface area (Å²) in [5.74, 6) is 0.0290. The van der Waals surface area contributed by atoms with Gasteiger partial charge in [0.15, 0.2) is 0 Å². The van der Waals surface area contributed by atoms with Crippen molar-refractivity contribution < 1.29 is 9.90 Å². The minimum Gasteiger partial charge on any atom is -0.481 e. The Morgan fingerprint density at radius 1 is 1.24 bits per heavy atom. The third kappa shape index (κ3) is 6.06. The standard InChI is InChI=1S/C14H27NO2/c1-12(2)8-10-15(11-9-14(16)17)13-6-4-3-5-7-13/h12-13H,3-11H2,1-2H3,(H,16,17). The van der Waals surface area contributed by atoms with Gasteiger partial charge in [-0.25, -0.2) is 0 Å². The molecule has 0 aromatic heterocycles. The molecule has 3 nitrogen and oxygen atoms in total. The molecule has 100 valence electrons. The highest BCUT2D eigenvalue weighted by atomic mass is 16.4. The molecule has 0 aromatic rings. The molecular weight excluding hydrogens is 214 g/mol. The van der Waals surface area contributed by atoms with Gasteiger partial charge >= 0.3 is 5.97 Å². The number of carboxylic acid groups (broad SMARTS) is 1. The molecule has 1 aliphatic rings. The molecule has 0 bridgehead atoms. The van der Waals surface area contributed by atoms with Gasteiger partial charge in [0.1, 0.15) is 0 Å². The second-order valence-corrected chi connectivity index (χ2v) is 5.65. The molecule has 0 heterocycles. The molecule has 17 heavy (non-hydrogen) atoms. The van der Waals surface area contributed by atoms with Crippen molar-refractivity contribution >= 4 is 5.97 Å². The lowest BCUT2D eigenvalue weighted by Crippen LogP contribution is -2.39. The van der Waals surface area contributed by atoms with Gasteiger partial charge in [-0.15, -0.1) is 0 Å². The summed E-state index contributed by atoms with van der Waals surface area (Å²) in [4.78, 5) is 13.1. The first-order valence-corrected chi connectivity index (χ1v) is 7.05. The van der Waals surface area contributed by atoms with Gasteiger partial charge in [-0.05, 0) is 31.7 Å². The summed E-state index contributed by atoms with van der Waals surface area (Å²) < 4.78 is 0. The van der Waals surface area contributed by atoms with Crippen LogP contribution in [0.15, 0.2) is 0 Å². The maximum absolute atomic E-state index is 10.7. The Bertz CT molecular complexity index is 222. The van der Waals surface area contributed by atoms with E-state index in [9.17, 15) is 4.79 Å². The maximum Gasteiger partial charge on any atom is 0.304 e. The lowest BCUT2D eigenvalue weighted by Gasteiger charge is -2.34. The van der Waals surface area contributed by atoms with E-state index in [0.29, 0.717) is 12.0 Å².